The zero-order valence-corrected chi connectivity index (χ0v) is 18.5. The summed E-state index contributed by atoms with van der Waals surface area (Å²) in [7, 11) is 0. The molecule has 0 radical (unpaired) electrons. The molecule has 1 aromatic rings. The van der Waals surface area contributed by atoms with E-state index in [4.69, 9.17) is 0 Å². The van der Waals surface area contributed by atoms with E-state index in [2.05, 4.69) is 31.0 Å². The summed E-state index contributed by atoms with van der Waals surface area (Å²) in [5.41, 5.74) is 2.05. The first kappa shape index (κ1) is 21.7. The van der Waals surface area contributed by atoms with E-state index in [1.54, 1.807) is 9.80 Å². The van der Waals surface area contributed by atoms with Crippen LogP contribution in [0.4, 0.5) is 4.79 Å². The second-order valence-corrected chi connectivity index (χ2v) is 9.48. The van der Waals surface area contributed by atoms with E-state index < -0.39 is 0 Å². The highest BCUT2D eigenvalue weighted by atomic mass is 16.3. The number of aliphatic hydroxyl groups is 1. The quantitative estimate of drug-likeness (QED) is 0.732. The number of carbonyl (C=O) groups excluding carboxylic acids is 2. The first-order valence-corrected chi connectivity index (χ1v) is 11.5. The van der Waals surface area contributed by atoms with Gasteiger partial charge in [-0.3, -0.25) is 4.79 Å². The number of rotatable bonds is 4. The number of carbonyl (C=O) groups is 2. The lowest BCUT2D eigenvalue weighted by atomic mass is 9.73. The first-order chi connectivity index (χ1) is 15.0. The Kier molecular flexibility index (Phi) is 6.52. The molecule has 3 atom stereocenters. The largest absolute Gasteiger partial charge is 0.394 e. The van der Waals surface area contributed by atoms with Gasteiger partial charge < -0.3 is 20.2 Å². The molecule has 2 saturated heterocycles. The molecular weight excluding hydrogens is 390 g/mol. The maximum Gasteiger partial charge on any atom is 0.318 e. The molecule has 4 rings (SSSR count). The Hall–Kier alpha value is -2.52. The molecule has 166 valence electrons. The lowest BCUT2D eigenvalue weighted by Crippen LogP contribution is -2.74. The van der Waals surface area contributed by atoms with E-state index in [9.17, 15) is 14.7 Å². The molecule has 1 saturated carbocycles. The smallest absolute Gasteiger partial charge is 0.318 e. The van der Waals surface area contributed by atoms with Crippen LogP contribution in [-0.4, -0.2) is 64.7 Å². The maximum absolute atomic E-state index is 12.8. The van der Waals surface area contributed by atoms with Crippen molar-refractivity contribution >= 4 is 11.9 Å². The molecule has 0 unspecified atom stereocenters. The average Bonchev–Trinajstić information content (AvgIpc) is 3.23. The van der Waals surface area contributed by atoms with Crippen LogP contribution >= 0.6 is 0 Å². The van der Waals surface area contributed by atoms with Crippen molar-refractivity contribution in [2.75, 3.05) is 19.7 Å². The first-order valence-electron chi connectivity index (χ1n) is 11.5. The molecule has 2 heterocycles. The van der Waals surface area contributed by atoms with Crippen LogP contribution in [0.5, 0.6) is 0 Å². The van der Waals surface area contributed by atoms with Crippen LogP contribution in [-0.2, 0) is 4.79 Å². The topological polar surface area (TPSA) is 72.9 Å². The minimum absolute atomic E-state index is 0.0219. The highest BCUT2D eigenvalue weighted by molar-refractivity contribution is 5.87. The van der Waals surface area contributed by atoms with Crippen LogP contribution in [0.3, 0.4) is 0 Å². The van der Waals surface area contributed by atoms with Crippen molar-refractivity contribution in [2.24, 2.45) is 5.92 Å². The molecule has 3 fully saturated rings. The predicted octanol–water partition coefficient (Wildman–Crippen LogP) is 2.71. The summed E-state index contributed by atoms with van der Waals surface area (Å²) >= 11 is 0. The fraction of sp³-hybridized carbons (Fsp3) is 0.600. The molecule has 1 aromatic carbocycles. The third-order valence-electron chi connectivity index (χ3n) is 6.76. The van der Waals surface area contributed by atoms with Gasteiger partial charge in [-0.1, -0.05) is 50.7 Å². The summed E-state index contributed by atoms with van der Waals surface area (Å²) in [5, 5.41) is 13.0. The lowest BCUT2D eigenvalue weighted by Gasteiger charge is -2.58. The third-order valence-corrected chi connectivity index (χ3v) is 6.76. The summed E-state index contributed by atoms with van der Waals surface area (Å²) in [4.78, 5) is 28.9. The molecule has 3 amide bonds. The van der Waals surface area contributed by atoms with E-state index >= 15 is 0 Å². The van der Waals surface area contributed by atoms with Gasteiger partial charge >= 0.3 is 6.03 Å². The minimum atomic E-state index is -0.226. The molecule has 0 bridgehead atoms. The fourth-order valence-electron chi connectivity index (χ4n) is 5.14. The Morgan fingerprint density at radius 2 is 1.94 bits per heavy atom. The van der Waals surface area contributed by atoms with Gasteiger partial charge in [0.25, 0.3) is 0 Å². The van der Waals surface area contributed by atoms with Crippen LogP contribution in [0.25, 0.3) is 0 Å². The van der Waals surface area contributed by atoms with E-state index in [-0.39, 0.29) is 49.1 Å². The Bertz CT molecular complexity index is 864. The number of hydrogen-bond donors (Lipinski definition) is 2. The van der Waals surface area contributed by atoms with Crippen molar-refractivity contribution in [3.8, 4) is 11.8 Å². The standard InChI is InChI=1S/C25H33N3O3/c1-17(2)6-5-7-18-10-12-19(13-11-18)24-21-14-27(15-23(30)28(21)22(24)16-29)25(31)26-20-8-3-4-9-20/h10-13,17,20-22,24,29H,3-4,6,8-9,14-16H2,1-2H3,(H,26,31)/t21-,22-,24+/m1/s1. The van der Waals surface area contributed by atoms with Gasteiger partial charge in [0.1, 0.15) is 6.54 Å². The Morgan fingerprint density at radius 1 is 1.23 bits per heavy atom. The minimum Gasteiger partial charge on any atom is -0.394 e. The Labute approximate surface area is 185 Å². The van der Waals surface area contributed by atoms with Gasteiger partial charge in [0, 0.05) is 30.5 Å². The summed E-state index contributed by atoms with van der Waals surface area (Å²) in [6, 6.07) is 7.89. The van der Waals surface area contributed by atoms with Crippen molar-refractivity contribution in [3.63, 3.8) is 0 Å². The second kappa shape index (κ2) is 9.32. The molecule has 31 heavy (non-hydrogen) atoms. The average molecular weight is 424 g/mol. The lowest BCUT2D eigenvalue weighted by molar-refractivity contribution is -0.159. The van der Waals surface area contributed by atoms with E-state index in [0.717, 1.165) is 43.2 Å². The fourth-order valence-corrected chi connectivity index (χ4v) is 5.14. The second-order valence-electron chi connectivity index (χ2n) is 9.48. The van der Waals surface area contributed by atoms with Gasteiger partial charge in [-0.2, -0.15) is 0 Å². The van der Waals surface area contributed by atoms with E-state index in [1.165, 1.54) is 0 Å². The molecule has 1 aliphatic carbocycles. The van der Waals surface area contributed by atoms with Crippen molar-refractivity contribution < 1.29 is 14.7 Å². The number of piperazine rings is 1. The molecule has 2 N–H and O–H groups in total. The zero-order chi connectivity index (χ0) is 22.0. The third kappa shape index (κ3) is 4.57. The highest BCUT2D eigenvalue weighted by Gasteiger charge is 2.54. The number of fused-ring (bicyclic) bond motifs is 1. The number of benzene rings is 1. The molecule has 6 nitrogen and oxygen atoms in total. The van der Waals surface area contributed by atoms with Crippen LogP contribution in [0.15, 0.2) is 24.3 Å². The molecular formula is C25H33N3O3. The normalized spacial score (nSPS) is 25.7. The van der Waals surface area contributed by atoms with Crippen molar-refractivity contribution in [1.82, 2.24) is 15.1 Å². The van der Waals surface area contributed by atoms with Crippen LogP contribution in [0.2, 0.25) is 0 Å². The number of aliphatic hydroxyl groups excluding tert-OH is 1. The summed E-state index contributed by atoms with van der Waals surface area (Å²) in [5.74, 6) is 6.89. The van der Waals surface area contributed by atoms with E-state index in [0.29, 0.717) is 12.5 Å². The van der Waals surface area contributed by atoms with Crippen LogP contribution < -0.4 is 5.32 Å². The number of nitrogens with one attached hydrogen (secondary N) is 1. The molecule has 0 aromatic heterocycles. The molecule has 6 heteroatoms. The van der Waals surface area contributed by atoms with Crippen molar-refractivity contribution in [1.29, 1.82) is 0 Å². The van der Waals surface area contributed by atoms with Gasteiger partial charge in [0.2, 0.25) is 5.91 Å². The van der Waals surface area contributed by atoms with E-state index in [1.807, 2.05) is 24.3 Å². The maximum atomic E-state index is 12.8. The molecule has 3 aliphatic rings. The zero-order valence-electron chi connectivity index (χ0n) is 18.5. The number of hydrogen-bond acceptors (Lipinski definition) is 3. The molecule has 0 spiro atoms. The Morgan fingerprint density at radius 3 is 2.58 bits per heavy atom. The molecule has 2 aliphatic heterocycles. The summed E-state index contributed by atoms with van der Waals surface area (Å²) < 4.78 is 0. The monoisotopic (exact) mass is 423 g/mol. The Balaban J connectivity index is 1.45. The van der Waals surface area contributed by atoms with Gasteiger partial charge in [0.05, 0.1) is 18.7 Å². The van der Waals surface area contributed by atoms with Crippen LogP contribution in [0, 0.1) is 17.8 Å². The highest BCUT2D eigenvalue weighted by Crippen LogP contribution is 2.42. The predicted molar refractivity (Wildman–Crippen MR) is 119 cm³/mol. The summed E-state index contributed by atoms with van der Waals surface area (Å²) in [6.45, 7) is 4.82. The van der Waals surface area contributed by atoms with Gasteiger partial charge in [-0.05, 0) is 36.5 Å². The van der Waals surface area contributed by atoms with Gasteiger partial charge in [0.15, 0.2) is 0 Å². The number of amides is 3. The van der Waals surface area contributed by atoms with Gasteiger partial charge in [-0.25, -0.2) is 4.79 Å². The van der Waals surface area contributed by atoms with Crippen LogP contribution in [0.1, 0.15) is 63.0 Å². The van der Waals surface area contributed by atoms with Crippen molar-refractivity contribution in [3.05, 3.63) is 35.4 Å². The SMILES string of the molecule is CC(C)CC#Cc1ccc([C@@H]2[C@@H](CO)N3C(=O)CN(C(=O)NC4CCCC4)C[C@H]23)cc1. The van der Waals surface area contributed by atoms with Gasteiger partial charge in [-0.15, -0.1) is 0 Å². The number of urea groups is 1. The number of nitrogens with zero attached hydrogens (tertiary/aromatic N) is 2. The van der Waals surface area contributed by atoms with Crippen molar-refractivity contribution in [2.45, 2.75) is 70.0 Å². The summed E-state index contributed by atoms with van der Waals surface area (Å²) in [6.07, 6.45) is 5.21.